The van der Waals surface area contributed by atoms with Gasteiger partial charge in [-0.2, -0.15) is 0 Å². The number of hydrogen-bond donors (Lipinski definition) is 1. The lowest BCUT2D eigenvalue weighted by Crippen LogP contribution is -2.29. The van der Waals surface area contributed by atoms with Gasteiger partial charge in [-0.05, 0) is 66.6 Å². The Morgan fingerprint density at radius 2 is 1.36 bits per heavy atom. The van der Waals surface area contributed by atoms with E-state index in [1.54, 1.807) is 12.1 Å². The number of carbonyl (C=O) groups is 1. The van der Waals surface area contributed by atoms with Gasteiger partial charge in [0.05, 0.1) is 13.2 Å². The number of aliphatic hydroxyl groups is 1. The molecule has 6 nitrogen and oxygen atoms in total. The van der Waals surface area contributed by atoms with Gasteiger partial charge < -0.3 is 19.3 Å². The summed E-state index contributed by atoms with van der Waals surface area (Å²) in [5.74, 6) is -0.0589. The molecule has 238 valence electrons. The van der Waals surface area contributed by atoms with Crippen molar-refractivity contribution in [3.05, 3.63) is 137 Å². The van der Waals surface area contributed by atoms with Crippen LogP contribution in [0.3, 0.4) is 0 Å². The van der Waals surface area contributed by atoms with Gasteiger partial charge in [0.15, 0.2) is 0 Å². The SMILES string of the molecule is COC(=O)c1cc(C(O)CN(CCCCCCOCCCc2ccccc2)Cc2ccccc2)ccc1OCc1ccccc1. The summed E-state index contributed by atoms with van der Waals surface area (Å²) in [6.07, 6.45) is 5.65. The third kappa shape index (κ3) is 12.1. The summed E-state index contributed by atoms with van der Waals surface area (Å²) in [5, 5.41) is 11.3. The van der Waals surface area contributed by atoms with Gasteiger partial charge in [0, 0.05) is 26.3 Å². The van der Waals surface area contributed by atoms with E-state index in [-0.39, 0.29) is 0 Å². The molecule has 4 aromatic carbocycles. The van der Waals surface area contributed by atoms with Crippen LogP contribution in [0.2, 0.25) is 0 Å². The highest BCUT2D eigenvalue weighted by Crippen LogP contribution is 2.26. The Hall–Kier alpha value is -3.97. The molecule has 1 unspecified atom stereocenters. The summed E-state index contributed by atoms with van der Waals surface area (Å²) < 4.78 is 16.9. The molecule has 0 bridgehead atoms. The zero-order valence-electron chi connectivity index (χ0n) is 26.5. The average Bonchev–Trinajstić information content (AvgIpc) is 3.09. The molecule has 4 aromatic rings. The monoisotopic (exact) mass is 609 g/mol. The third-order valence-corrected chi connectivity index (χ3v) is 7.82. The first-order valence-corrected chi connectivity index (χ1v) is 16.1. The first-order chi connectivity index (χ1) is 22.1. The Labute approximate surface area is 268 Å². The van der Waals surface area contributed by atoms with Crippen molar-refractivity contribution in [1.82, 2.24) is 4.90 Å². The van der Waals surface area contributed by atoms with Crippen molar-refractivity contribution in [3.63, 3.8) is 0 Å². The largest absolute Gasteiger partial charge is 0.488 e. The average molecular weight is 610 g/mol. The lowest BCUT2D eigenvalue weighted by Gasteiger charge is -2.26. The van der Waals surface area contributed by atoms with E-state index in [0.29, 0.717) is 30.0 Å². The van der Waals surface area contributed by atoms with Crippen molar-refractivity contribution in [3.8, 4) is 5.75 Å². The van der Waals surface area contributed by atoms with Crippen LogP contribution in [0.1, 0.15) is 70.8 Å². The molecule has 0 spiro atoms. The van der Waals surface area contributed by atoms with Gasteiger partial charge in [-0.25, -0.2) is 4.79 Å². The van der Waals surface area contributed by atoms with E-state index in [9.17, 15) is 9.90 Å². The zero-order valence-corrected chi connectivity index (χ0v) is 26.5. The lowest BCUT2D eigenvalue weighted by molar-refractivity contribution is 0.0594. The number of rotatable bonds is 20. The maximum atomic E-state index is 12.6. The molecular weight excluding hydrogens is 562 g/mol. The van der Waals surface area contributed by atoms with E-state index in [4.69, 9.17) is 14.2 Å². The van der Waals surface area contributed by atoms with E-state index < -0.39 is 12.1 Å². The first kappa shape index (κ1) is 33.9. The molecule has 0 fully saturated rings. The van der Waals surface area contributed by atoms with Crippen molar-refractivity contribution in [2.45, 2.75) is 57.8 Å². The molecule has 0 aromatic heterocycles. The minimum absolute atomic E-state index is 0.307. The van der Waals surface area contributed by atoms with E-state index in [1.165, 1.54) is 18.2 Å². The quantitative estimate of drug-likeness (QED) is 0.0815. The number of hydrogen-bond acceptors (Lipinski definition) is 6. The zero-order chi connectivity index (χ0) is 31.5. The molecule has 1 atom stereocenters. The number of ether oxygens (including phenoxy) is 3. The van der Waals surface area contributed by atoms with Gasteiger partial charge in [-0.1, -0.05) is 110 Å². The molecule has 0 heterocycles. The summed E-state index contributed by atoms with van der Waals surface area (Å²) in [7, 11) is 1.35. The normalized spacial score (nSPS) is 11.8. The molecule has 0 amide bonds. The third-order valence-electron chi connectivity index (χ3n) is 7.82. The molecule has 0 aliphatic heterocycles. The standard InChI is InChI=1S/C39H47NO5/c1-43-39(42)36-28-35(23-24-38(36)45-31-34-20-11-6-12-21-34)37(41)30-40(29-33-18-9-5-10-19-33)25-13-2-3-14-26-44-27-15-22-32-16-7-4-8-17-32/h4-12,16-21,23-24,28,37,41H,2-3,13-15,22,25-27,29-31H2,1H3. The number of unbranched alkanes of at least 4 members (excludes halogenated alkanes) is 3. The van der Waals surface area contributed by atoms with Crippen LogP contribution in [0.25, 0.3) is 0 Å². The summed E-state index contributed by atoms with van der Waals surface area (Å²) in [6, 6.07) is 35.9. The fourth-order valence-corrected chi connectivity index (χ4v) is 5.33. The Kier molecular flexibility index (Phi) is 14.6. The van der Waals surface area contributed by atoms with Gasteiger partial charge in [0.25, 0.3) is 0 Å². The van der Waals surface area contributed by atoms with E-state index in [2.05, 4.69) is 41.3 Å². The molecule has 45 heavy (non-hydrogen) atoms. The van der Waals surface area contributed by atoms with Gasteiger partial charge in [-0.15, -0.1) is 0 Å². The maximum Gasteiger partial charge on any atom is 0.341 e. The lowest BCUT2D eigenvalue weighted by atomic mass is 10.0. The van der Waals surface area contributed by atoms with E-state index in [0.717, 1.165) is 70.4 Å². The second-order valence-corrected chi connectivity index (χ2v) is 11.4. The predicted octanol–water partition coefficient (Wildman–Crippen LogP) is 7.80. The maximum absolute atomic E-state index is 12.6. The number of nitrogens with zero attached hydrogens (tertiary/aromatic N) is 1. The first-order valence-electron chi connectivity index (χ1n) is 16.1. The Balaban J connectivity index is 1.26. The van der Waals surface area contributed by atoms with Crippen LogP contribution in [0, 0.1) is 0 Å². The fourth-order valence-electron chi connectivity index (χ4n) is 5.33. The number of esters is 1. The number of benzene rings is 4. The van der Waals surface area contributed by atoms with Gasteiger partial charge in [0.2, 0.25) is 0 Å². The van der Waals surface area contributed by atoms with Crippen molar-refractivity contribution in [1.29, 1.82) is 0 Å². The minimum atomic E-state index is -0.774. The molecule has 0 radical (unpaired) electrons. The highest BCUT2D eigenvalue weighted by atomic mass is 16.5. The Bertz CT molecular complexity index is 1380. The highest BCUT2D eigenvalue weighted by Gasteiger charge is 2.20. The molecule has 0 saturated carbocycles. The summed E-state index contributed by atoms with van der Waals surface area (Å²) in [6.45, 7) is 3.99. The molecule has 6 heteroatoms. The van der Waals surface area contributed by atoms with Crippen molar-refractivity contribution < 1.29 is 24.1 Å². The minimum Gasteiger partial charge on any atom is -0.488 e. The smallest absolute Gasteiger partial charge is 0.341 e. The van der Waals surface area contributed by atoms with Gasteiger partial charge in [0.1, 0.15) is 17.9 Å². The molecular formula is C39H47NO5. The molecule has 1 N–H and O–H groups in total. The predicted molar refractivity (Wildman–Crippen MR) is 179 cm³/mol. The van der Waals surface area contributed by atoms with Crippen LogP contribution in [0.15, 0.2) is 109 Å². The second-order valence-electron chi connectivity index (χ2n) is 11.4. The fraction of sp³-hybridized carbons (Fsp3) is 0.359. The Morgan fingerprint density at radius 3 is 2.04 bits per heavy atom. The van der Waals surface area contributed by atoms with Crippen LogP contribution in [-0.2, 0) is 29.0 Å². The van der Waals surface area contributed by atoms with Crippen LogP contribution < -0.4 is 4.74 Å². The molecule has 0 aliphatic rings. The second kappa shape index (κ2) is 19.4. The number of aliphatic hydroxyl groups excluding tert-OH is 1. The highest BCUT2D eigenvalue weighted by molar-refractivity contribution is 5.92. The van der Waals surface area contributed by atoms with Crippen LogP contribution in [-0.4, -0.2) is 49.4 Å². The molecule has 0 saturated heterocycles. The van der Waals surface area contributed by atoms with Crippen LogP contribution >= 0.6 is 0 Å². The topological polar surface area (TPSA) is 68.2 Å². The van der Waals surface area contributed by atoms with Crippen molar-refractivity contribution in [2.24, 2.45) is 0 Å². The van der Waals surface area contributed by atoms with E-state index >= 15 is 0 Å². The van der Waals surface area contributed by atoms with Gasteiger partial charge >= 0.3 is 5.97 Å². The van der Waals surface area contributed by atoms with E-state index in [1.807, 2.05) is 60.7 Å². The summed E-state index contributed by atoms with van der Waals surface area (Å²) in [4.78, 5) is 14.9. The number of methoxy groups -OCH3 is 1. The van der Waals surface area contributed by atoms with Crippen molar-refractivity contribution in [2.75, 3.05) is 33.4 Å². The van der Waals surface area contributed by atoms with Crippen LogP contribution in [0.4, 0.5) is 0 Å². The van der Waals surface area contributed by atoms with Gasteiger partial charge in [-0.3, -0.25) is 4.90 Å². The van der Waals surface area contributed by atoms with Crippen molar-refractivity contribution >= 4 is 5.97 Å². The number of carbonyl (C=O) groups excluding carboxylic acids is 1. The molecule has 0 aliphatic carbocycles. The summed E-state index contributed by atoms with van der Waals surface area (Å²) >= 11 is 0. The number of aryl methyl sites for hydroxylation is 1. The Morgan fingerprint density at radius 1 is 0.733 bits per heavy atom. The molecule has 4 rings (SSSR count). The van der Waals surface area contributed by atoms with Crippen LogP contribution in [0.5, 0.6) is 5.75 Å². The summed E-state index contributed by atoms with van der Waals surface area (Å²) in [5.41, 5.74) is 4.53.